The minimum absolute atomic E-state index is 0.0321. The highest BCUT2D eigenvalue weighted by atomic mass is 32.2. The second-order valence-electron chi connectivity index (χ2n) is 7.25. The molecule has 0 saturated carbocycles. The average Bonchev–Trinajstić information content (AvgIpc) is 3.29. The van der Waals surface area contributed by atoms with Crippen molar-refractivity contribution in [3.05, 3.63) is 86.0 Å². The smallest absolute Gasteiger partial charge is 0.273 e. The van der Waals surface area contributed by atoms with Crippen molar-refractivity contribution in [3.8, 4) is 11.3 Å². The topological polar surface area (TPSA) is 76.6 Å². The number of aryl methyl sites for hydroxylation is 3. The van der Waals surface area contributed by atoms with Crippen LogP contribution in [0.15, 0.2) is 57.9 Å². The third-order valence-electron chi connectivity index (χ3n) is 5.13. The first-order valence-electron chi connectivity index (χ1n) is 9.45. The quantitative estimate of drug-likeness (QED) is 0.204. The Hall–Kier alpha value is -3.23. The molecular weight excluding hydrogens is 432 g/mol. The Morgan fingerprint density at radius 3 is 2.48 bits per heavy atom. The second-order valence-corrected chi connectivity index (χ2v) is 8.92. The molecule has 1 fully saturated rings. The molecule has 6 nitrogen and oxygen atoms in total. The molecular formula is C23H18N2O4S2. The van der Waals surface area contributed by atoms with Gasteiger partial charge in [0.25, 0.3) is 11.6 Å². The van der Waals surface area contributed by atoms with Crippen LogP contribution in [-0.4, -0.2) is 15.2 Å². The number of hydrogen-bond acceptors (Lipinski definition) is 6. The number of rotatable bonds is 4. The van der Waals surface area contributed by atoms with Gasteiger partial charge >= 0.3 is 0 Å². The van der Waals surface area contributed by atoms with E-state index in [0.29, 0.717) is 31.9 Å². The predicted molar refractivity (Wildman–Crippen MR) is 127 cm³/mol. The second kappa shape index (κ2) is 8.13. The zero-order valence-electron chi connectivity index (χ0n) is 17.0. The maximum atomic E-state index is 13.0. The first-order valence-corrected chi connectivity index (χ1v) is 10.7. The molecule has 156 valence electrons. The number of thioether (sulfide) groups is 1. The molecule has 1 aliphatic heterocycles. The summed E-state index contributed by atoms with van der Waals surface area (Å²) >= 11 is 6.65. The van der Waals surface area contributed by atoms with Crippen LogP contribution in [0.4, 0.5) is 11.4 Å². The van der Waals surface area contributed by atoms with E-state index in [1.165, 1.54) is 22.7 Å². The molecule has 0 aliphatic carbocycles. The number of hydrogen-bond donors (Lipinski definition) is 0. The van der Waals surface area contributed by atoms with Gasteiger partial charge in [-0.1, -0.05) is 42.2 Å². The zero-order chi connectivity index (χ0) is 22.3. The molecule has 8 heteroatoms. The van der Waals surface area contributed by atoms with E-state index in [-0.39, 0.29) is 11.6 Å². The van der Waals surface area contributed by atoms with Crippen molar-refractivity contribution < 1.29 is 14.1 Å². The number of nitro benzene ring substituents is 1. The summed E-state index contributed by atoms with van der Waals surface area (Å²) in [6.45, 7) is 5.69. The van der Waals surface area contributed by atoms with Gasteiger partial charge in [-0.2, -0.15) is 0 Å². The molecule has 0 radical (unpaired) electrons. The van der Waals surface area contributed by atoms with Gasteiger partial charge in [-0.3, -0.25) is 19.8 Å². The molecule has 1 aliphatic rings. The van der Waals surface area contributed by atoms with Crippen molar-refractivity contribution in [2.24, 2.45) is 0 Å². The minimum atomic E-state index is -0.416. The number of amides is 1. The molecule has 2 aromatic carbocycles. The SMILES string of the molecule is Cc1ccc(N2C(=O)/C(=C\c3ccc(-c4ccc(C)c([N+](=O)[O-])c4)o3)SC2=S)cc1C. The summed E-state index contributed by atoms with van der Waals surface area (Å²) in [4.78, 5) is 25.7. The Labute approximate surface area is 188 Å². The van der Waals surface area contributed by atoms with Crippen LogP contribution in [0.1, 0.15) is 22.5 Å². The van der Waals surface area contributed by atoms with Crippen LogP contribution >= 0.6 is 24.0 Å². The third kappa shape index (κ3) is 4.04. The largest absolute Gasteiger partial charge is 0.457 e. The Balaban J connectivity index is 1.62. The highest BCUT2D eigenvalue weighted by Gasteiger charge is 2.33. The molecule has 31 heavy (non-hydrogen) atoms. The van der Waals surface area contributed by atoms with Crippen LogP contribution < -0.4 is 4.90 Å². The van der Waals surface area contributed by atoms with E-state index in [1.807, 2.05) is 32.0 Å². The maximum Gasteiger partial charge on any atom is 0.273 e. The van der Waals surface area contributed by atoms with Gasteiger partial charge in [0.15, 0.2) is 4.32 Å². The van der Waals surface area contributed by atoms with Crippen molar-refractivity contribution in [1.82, 2.24) is 0 Å². The first kappa shape index (κ1) is 21.0. The number of nitrogens with zero attached hydrogens (tertiary/aromatic N) is 2. The summed E-state index contributed by atoms with van der Waals surface area (Å²) < 4.78 is 6.30. The van der Waals surface area contributed by atoms with E-state index < -0.39 is 4.92 Å². The lowest BCUT2D eigenvalue weighted by molar-refractivity contribution is -0.385. The van der Waals surface area contributed by atoms with Crippen molar-refractivity contribution in [2.75, 3.05) is 4.90 Å². The number of nitro groups is 1. The van der Waals surface area contributed by atoms with Crippen LogP contribution in [0.5, 0.6) is 0 Å². The van der Waals surface area contributed by atoms with E-state index >= 15 is 0 Å². The number of anilines is 1. The fraction of sp³-hybridized carbons (Fsp3) is 0.130. The van der Waals surface area contributed by atoms with Crippen molar-refractivity contribution in [1.29, 1.82) is 0 Å². The van der Waals surface area contributed by atoms with Gasteiger partial charge in [0.1, 0.15) is 11.5 Å². The molecule has 2 heterocycles. The van der Waals surface area contributed by atoms with Crippen LogP contribution in [0.25, 0.3) is 17.4 Å². The summed E-state index contributed by atoms with van der Waals surface area (Å²) in [5.41, 5.74) is 4.17. The molecule has 1 saturated heterocycles. The van der Waals surface area contributed by atoms with E-state index in [4.69, 9.17) is 16.6 Å². The maximum absolute atomic E-state index is 13.0. The molecule has 0 spiro atoms. The van der Waals surface area contributed by atoms with E-state index in [9.17, 15) is 14.9 Å². The molecule has 0 atom stereocenters. The Morgan fingerprint density at radius 2 is 1.77 bits per heavy atom. The van der Waals surface area contributed by atoms with E-state index in [0.717, 1.165) is 16.8 Å². The predicted octanol–water partition coefficient (Wildman–Crippen LogP) is 6.19. The summed E-state index contributed by atoms with van der Waals surface area (Å²) in [6, 6.07) is 14.2. The Kier molecular flexibility index (Phi) is 5.51. The van der Waals surface area contributed by atoms with Crippen LogP contribution in [-0.2, 0) is 4.79 Å². The monoisotopic (exact) mass is 450 g/mol. The van der Waals surface area contributed by atoms with Crippen LogP contribution in [0, 0.1) is 30.9 Å². The van der Waals surface area contributed by atoms with E-state index in [2.05, 4.69) is 0 Å². The van der Waals surface area contributed by atoms with Gasteiger partial charge in [0, 0.05) is 23.3 Å². The molecule has 0 bridgehead atoms. The van der Waals surface area contributed by atoms with Crippen LogP contribution in [0.3, 0.4) is 0 Å². The first-order chi connectivity index (χ1) is 14.7. The number of furan rings is 1. The number of thiocarbonyl (C=S) groups is 1. The highest BCUT2D eigenvalue weighted by Crippen LogP contribution is 2.37. The lowest BCUT2D eigenvalue weighted by Gasteiger charge is -2.15. The van der Waals surface area contributed by atoms with Crippen molar-refractivity contribution in [3.63, 3.8) is 0 Å². The third-order valence-corrected chi connectivity index (χ3v) is 6.44. The summed E-state index contributed by atoms with van der Waals surface area (Å²) in [6.07, 6.45) is 1.65. The lowest BCUT2D eigenvalue weighted by atomic mass is 10.1. The van der Waals surface area contributed by atoms with Gasteiger partial charge in [-0.15, -0.1) is 0 Å². The fourth-order valence-corrected chi connectivity index (χ4v) is 4.51. The average molecular weight is 451 g/mol. The molecule has 3 aromatic rings. The zero-order valence-corrected chi connectivity index (χ0v) is 18.7. The minimum Gasteiger partial charge on any atom is -0.457 e. The molecule has 0 N–H and O–H groups in total. The number of benzene rings is 2. The van der Waals surface area contributed by atoms with E-state index in [1.54, 1.807) is 37.3 Å². The highest BCUT2D eigenvalue weighted by molar-refractivity contribution is 8.27. The van der Waals surface area contributed by atoms with Gasteiger partial charge in [0.05, 0.1) is 15.5 Å². The molecule has 0 unspecified atom stereocenters. The van der Waals surface area contributed by atoms with Gasteiger partial charge in [-0.05, 0) is 56.2 Å². The fourth-order valence-electron chi connectivity index (χ4n) is 3.23. The van der Waals surface area contributed by atoms with Crippen molar-refractivity contribution >= 4 is 51.7 Å². The summed E-state index contributed by atoms with van der Waals surface area (Å²) in [5.74, 6) is 0.750. The molecule has 4 rings (SSSR count). The number of carbonyl (C=O) groups excluding carboxylic acids is 1. The lowest BCUT2D eigenvalue weighted by Crippen LogP contribution is -2.27. The van der Waals surface area contributed by atoms with Crippen molar-refractivity contribution in [2.45, 2.75) is 20.8 Å². The van der Waals surface area contributed by atoms with Gasteiger partial charge < -0.3 is 4.42 Å². The normalized spacial score (nSPS) is 15.2. The van der Waals surface area contributed by atoms with Crippen LogP contribution in [0.2, 0.25) is 0 Å². The standard InChI is InChI=1S/C23H18N2O4S2/c1-13-5-7-17(10-15(13)3)24-22(26)21(31-23(24)30)12-18-8-9-20(29-18)16-6-4-14(2)19(11-16)25(27)28/h4-12H,1-3H3/b21-12+. The summed E-state index contributed by atoms with van der Waals surface area (Å²) in [5, 5.41) is 11.2. The van der Waals surface area contributed by atoms with Gasteiger partial charge in [-0.25, -0.2) is 0 Å². The van der Waals surface area contributed by atoms with Gasteiger partial charge in [0.2, 0.25) is 0 Å². The molecule has 1 amide bonds. The summed E-state index contributed by atoms with van der Waals surface area (Å²) in [7, 11) is 0. The Bertz CT molecular complexity index is 1280. The Morgan fingerprint density at radius 1 is 1.03 bits per heavy atom. The number of carbonyl (C=O) groups is 1. The molecule has 1 aromatic heterocycles.